The first kappa shape index (κ1) is 17.5. The van der Waals surface area contributed by atoms with Crippen molar-refractivity contribution in [2.24, 2.45) is 5.73 Å². The molecular weight excluding hydrogens is 336 g/mol. The van der Waals surface area contributed by atoms with E-state index in [0.29, 0.717) is 17.1 Å². The molecule has 122 valence electrons. The summed E-state index contributed by atoms with van der Waals surface area (Å²) in [7, 11) is -3.61. The Morgan fingerprint density at radius 2 is 1.65 bits per heavy atom. The predicted octanol–water partition coefficient (Wildman–Crippen LogP) is 2.65. The third kappa shape index (κ3) is 4.10. The lowest BCUT2D eigenvalue weighted by molar-refractivity contribution is 0.1000. The molecule has 2 aromatic carbocycles. The van der Waals surface area contributed by atoms with Gasteiger partial charge in [-0.3, -0.25) is 4.79 Å². The van der Waals surface area contributed by atoms with Gasteiger partial charge in [0.2, 0.25) is 15.9 Å². The fourth-order valence-corrected chi connectivity index (χ4v) is 3.66. The zero-order valence-electron chi connectivity index (χ0n) is 12.6. The van der Waals surface area contributed by atoms with Crippen molar-refractivity contribution >= 4 is 27.5 Å². The lowest BCUT2D eigenvalue weighted by Crippen LogP contribution is -2.30. The highest BCUT2D eigenvalue weighted by atomic mass is 35.5. The summed E-state index contributed by atoms with van der Waals surface area (Å²) in [6, 6.07) is 12.6. The number of carbonyl (C=O) groups excluding carboxylic acids is 1. The quantitative estimate of drug-likeness (QED) is 0.867. The molecule has 0 unspecified atom stereocenters. The molecule has 2 N–H and O–H groups in total. The third-order valence-electron chi connectivity index (χ3n) is 3.40. The molecule has 1 amide bonds. The van der Waals surface area contributed by atoms with Gasteiger partial charge in [-0.25, -0.2) is 8.42 Å². The van der Waals surface area contributed by atoms with Gasteiger partial charge in [-0.05, 0) is 42.0 Å². The molecule has 7 heteroatoms. The van der Waals surface area contributed by atoms with Gasteiger partial charge in [-0.2, -0.15) is 4.31 Å². The second-order valence-corrected chi connectivity index (χ2v) is 7.32. The average molecular weight is 353 g/mol. The number of primary amides is 1. The normalized spacial score (nSPS) is 11.6. The first-order valence-electron chi connectivity index (χ1n) is 6.99. The molecule has 23 heavy (non-hydrogen) atoms. The summed E-state index contributed by atoms with van der Waals surface area (Å²) >= 11 is 5.80. The van der Waals surface area contributed by atoms with Gasteiger partial charge in [-0.15, -0.1) is 0 Å². The van der Waals surface area contributed by atoms with Gasteiger partial charge in [0, 0.05) is 23.7 Å². The number of nitrogens with zero attached hydrogens (tertiary/aromatic N) is 1. The molecule has 0 aromatic heterocycles. The van der Waals surface area contributed by atoms with Gasteiger partial charge in [0.05, 0.1) is 4.90 Å². The molecule has 0 saturated carbocycles. The molecule has 5 nitrogen and oxygen atoms in total. The van der Waals surface area contributed by atoms with E-state index in [1.807, 2.05) is 0 Å². The van der Waals surface area contributed by atoms with Crippen molar-refractivity contribution in [2.75, 3.05) is 6.54 Å². The highest BCUT2D eigenvalue weighted by molar-refractivity contribution is 7.89. The Morgan fingerprint density at radius 1 is 1.09 bits per heavy atom. The van der Waals surface area contributed by atoms with Crippen molar-refractivity contribution < 1.29 is 13.2 Å². The van der Waals surface area contributed by atoms with Crippen LogP contribution in [0.4, 0.5) is 0 Å². The number of hydrogen-bond acceptors (Lipinski definition) is 3. The topological polar surface area (TPSA) is 80.5 Å². The van der Waals surface area contributed by atoms with Crippen LogP contribution >= 0.6 is 11.6 Å². The first-order chi connectivity index (χ1) is 10.8. The van der Waals surface area contributed by atoms with Crippen LogP contribution in [-0.2, 0) is 16.6 Å². The zero-order valence-corrected chi connectivity index (χ0v) is 14.1. The van der Waals surface area contributed by atoms with E-state index in [0.717, 1.165) is 5.56 Å². The zero-order chi connectivity index (χ0) is 17.0. The number of rotatable bonds is 6. The Kier molecular flexibility index (Phi) is 5.41. The van der Waals surface area contributed by atoms with Crippen molar-refractivity contribution in [3.63, 3.8) is 0 Å². The summed E-state index contributed by atoms with van der Waals surface area (Å²) in [5, 5.41) is 0.481. The van der Waals surface area contributed by atoms with Crippen LogP contribution in [-0.4, -0.2) is 25.2 Å². The molecule has 2 aromatic rings. The number of halogens is 1. The minimum absolute atomic E-state index is 0.192. The third-order valence-corrected chi connectivity index (χ3v) is 5.59. The van der Waals surface area contributed by atoms with Crippen molar-refractivity contribution in [1.29, 1.82) is 0 Å². The van der Waals surface area contributed by atoms with Crippen molar-refractivity contribution in [2.45, 2.75) is 18.4 Å². The van der Waals surface area contributed by atoms with Gasteiger partial charge < -0.3 is 5.73 Å². The van der Waals surface area contributed by atoms with Gasteiger partial charge in [0.15, 0.2) is 0 Å². The van der Waals surface area contributed by atoms with Gasteiger partial charge >= 0.3 is 0 Å². The van der Waals surface area contributed by atoms with Crippen LogP contribution in [0.2, 0.25) is 5.02 Å². The molecule has 0 saturated heterocycles. The van der Waals surface area contributed by atoms with E-state index in [1.54, 1.807) is 43.3 Å². The van der Waals surface area contributed by atoms with E-state index < -0.39 is 15.9 Å². The van der Waals surface area contributed by atoms with Crippen LogP contribution in [0.25, 0.3) is 0 Å². The fourth-order valence-electron chi connectivity index (χ4n) is 2.10. The Hall–Kier alpha value is -1.89. The highest BCUT2D eigenvalue weighted by Gasteiger charge is 2.23. The van der Waals surface area contributed by atoms with E-state index >= 15 is 0 Å². The average Bonchev–Trinajstić information content (AvgIpc) is 2.53. The number of sulfonamides is 1. The Labute approximate surface area is 140 Å². The Balaban J connectivity index is 2.24. The number of amides is 1. The lowest BCUT2D eigenvalue weighted by Gasteiger charge is -2.20. The molecule has 0 radical (unpaired) electrons. The molecule has 0 atom stereocenters. The summed E-state index contributed by atoms with van der Waals surface area (Å²) in [6.45, 7) is 2.30. The van der Waals surface area contributed by atoms with Crippen LogP contribution in [0.1, 0.15) is 22.8 Å². The monoisotopic (exact) mass is 352 g/mol. The van der Waals surface area contributed by atoms with Gasteiger partial charge in [-0.1, -0.05) is 30.7 Å². The number of benzene rings is 2. The van der Waals surface area contributed by atoms with Crippen molar-refractivity contribution in [3.05, 3.63) is 64.7 Å². The molecule has 0 aliphatic heterocycles. The molecule has 0 spiro atoms. The van der Waals surface area contributed by atoms with E-state index in [1.165, 1.54) is 16.4 Å². The fraction of sp³-hybridized carbons (Fsp3) is 0.188. The molecule has 0 fully saturated rings. The lowest BCUT2D eigenvalue weighted by atomic mass is 10.1. The van der Waals surface area contributed by atoms with Crippen LogP contribution in [0.15, 0.2) is 53.4 Å². The predicted molar refractivity (Wildman–Crippen MR) is 89.7 cm³/mol. The molecule has 0 heterocycles. The van der Waals surface area contributed by atoms with Crippen LogP contribution in [0, 0.1) is 0 Å². The smallest absolute Gasteiger partial charge is 0.248 e. The van der Waals surface area contributed by atoms with E-state index in [9.17, 15) is 13.2 Å². The second kappa shape index (κ2) is 7.12. The van der Waals surface area contributed by atoms with Crippen LogP contribution in [0.5, 0.6) is 0 Å². The number of hydrogen-bond donors (Lipinski definition) is 1. The minimum atomic E-state index is -3.61. The summed E-state index contributed by atoms with van der Waals surface area (Å²) in [5.41, 5.74) is 6.35. The molecule has 0 bridgehead atoms. The van der Waals surface area contributed by atoms with Crippen molar-refractivity contribution in [1.82, 2.24) is 4.31 Å². The number of nitrogens with two attached hydrogens (primary N) is 1. The standard InChI is InChI=1S/C16H17ClN2O3S/c1-2-19(11-12-3-5-13(6-4-12)16(18)20)23(21,22)15-9-7-14(17)8-10-15/h3-10H,2,11H2,1H3,(H2,18,20). The Bertz CT molecular complexity index is 787. The summed E-state index contributed by atoms with van der Waals surface area (Å²) in [4.78, 5) is 11.3. The first-order valence-corrected chi connectivity index (χ1v) is 8.81. The molecule has 0 aliphatic rings. The maximum atomic E-state index is 12.7. The van der Waals surface area contributed by atoms with Gasteiger partial charge in [0.25, 0.3) is 0 Å². The summed E-state index contributed by atoms with van der Waals surface area (Å²) in [5.74, 6) is -0.516. The molecule has 2 rings (SSSR count). The van der Waals surface area contributed by atoms with Crippen LogP contribution < -0.4 is 5.73 Å². The Morgan fingerprint density at radius 3 is 2.13 bits per heavy atom. The van der Waals surface area contributed by atoms with E-state index in [-0.39, 0.29) is 11.4 Å². The highest BCUT2D eigenvalue weighted by Crippen LogP contribution is 2.20. The van der Waals surface area contributed by atoms with E-state index in [4.69, 9.17) is 17.3 Å². The maximum Gasteiger partial charge on any atom is 0.248 e. The maximum absolute atomic E-state index is 12.7. The van der Waals surface area contributed by atoms with Gasteiger partial charge in [0.1, 0.15) is 0 Å². The largest absolute Gasteiger partial charge is 0.366 e. The summed E-state index contributed by atoms with van der Waals surface area (Å²) < 4.78 is 26.7. The van der Waals surface area contributed by atoms with Crippen molar-refractivity contribution in [3.8, 4) is 0 Å². The molecular formula is C16H17ClN2O3S. The minimum Gasteiger partial charge on any atom is -0.366 e. The SMILES string of the molecule is CCN(Cc1ccc(C(N)=O)cc1)S(=O)(=O)c1ccc(Cl)cc1. The van der Waals surface area contributed by atoms with E-state index in [2.05, 4.69) is 0 Å². The summed E-state index contributed by atoms with van der Waals surface area (Å²) in [6.07, 6.45) is 0. The molecule has 0 aliphatic carbocycles. The number of carbonyl (C=O) groups is 1. The second-order valence-electron chi connectivity index (χ2n) is 4.95. The van der Waals surface area contributed by atoms with Crippen LogP contribution in [0.3, 0.4) is 0 Å².